The van der Waals surface area contributed by atoms with E-state index in [4.69, 9.17) is 4.74 Å². The van der Waals surface area contributed by atoms with Crippen molar-refractivity contribution in [1.82, 2.24) is 0 Å². The molecule has 0 bridgehead atoms. The van der Waals surface area contributed by atoms with Gasteiger partial charge in [-0.2, -0.15) is 0 Å². The van der Waals surface area contributed by atoms with E-state index >= 15 is 0 Å². The predicted octanol–water partition coefficient (Wildman–Crippen LogP) is 6.07. The van der Waals surface area contributed by atoms with Gasteiger partial charge >= 0.3 is 5.97 Å². The molecule has 0 aromatic heterocycles. The molecule has 4 aliphatic carbocycles. The molecule has 4 aliphatic rings. The van der Waals surface area contributed by atoms with E-state index in [1.807, 2.05) is 12.2 Å². The summed E-state index contributed by atoms with van der Waals surface area (Å²) in [4.78, 5) is 11.5. The number of esters is 1. The van der Waals surface area contributed by atoms with Crippen molar-refractivity contribution in [1.29, 1.82) is 0 Å². The molecule has 0 aromatic rings. The van der Waals surface area contributed by atoms with Gasteiger partial charge in [0.25, 0.3) is 0 Å². The van der Waals surface area contributed by atoms with Crippen LogP contribution in [0.4, 0.5) is 0 Å². The highest BCUT2D eigenvalue weighted by atomic mass is 16.5. The molecule has 3 fully saturated rings. The molecule has 4 rings (SSSR count). The fourth-order valence-corrected chi connectivity index (χ4v) is 8.64. The summed E-state index contributed by atoms with van der Waals surface area (Å²) in [5.41, 5.74) is -2.24. The molecule has 0 saturated heterocycles. The average molecular weight is 473 g/mol. The van der Waals surface area contributed by atoms with Gasteiger partial charge in [-0.1, -0.05) is 65.8 Å². The lowest BCUT2D eigenvalue weighted by molar-refractivity contribution is -0.223. The second kappa shape index (κ2) is 8.76. The maximum Gasteiger partial charge on any atom is 0.302 e. The van der Waals surface area contributed by atoms with Crippen LogP contribution in [0.15, 0.2) is 24.3 Å². The van der Waals surface area contributed by atoms with Crippen molar-refractivity contribution in [2.45, 2.75) is 111 Å². The molecule has 0 heterocycles. The number of carbonyl (C=O) groups excluding carboxylic acids is 1. The molecule has 3 saturated carbocycles. The zero-order valence-electron chi connectivity index (χ0n) is 22.5. The van der Waals surface area contributed by atoms with Crippen LogP contribution in [0.2, 0.25) is 0 Å². The van der Waals surface area contributed by atoms with Crippen molar-refractivity contribution < 1.29 is 19.7 Å². The average Bonchev–Trinajstić information content (AvgIpc) is 3.11. The molecule has 4 nitrogen and oxygen atoms in total. The summed E-state index contributed by atoms with van der Waals surface area (Å²) in [6.45, 7) is 15.3. The van der Waals surface area contributed by atoms with E-state index < -0.39 is 16.6 Å². The number of aliphatic hydroxyl groups is 2. The van der Waals surface area contributed by atoms with Crippen LogP contribution in [-0.4, -0.2) is 33.5 Å². The van der Waals surface area contributed by atoms with Gasteiger partial charge in [-0.3, -0.25) is 4.79 Å². The van der Waals surface area contributed by atoms with E-state index in [0.717, 1.165) is 38.5 Å². The molecule has 0 aliphatic heterocycles. The number of ether oxygens (including phenoxy) is 1. The van der Waals surface area contributed by atoms with Crippen LogP contribution >= 0.6 is 0 Å². The molecule has 10 atom stereocenters. The number of hydrogen-bond acceptors (Lipinski definition) is 4. The Morgan fingerprint density at radius 1 is 0.971 bits per heavy atom. The van der Waals surface area contributed by atoms with Crippen molar-refractivity contribution in [3.8, 4) is 0 Å². The number of rotatable bonds is 5. The van der Waals surface area contributed by atoms with Gasteiger partial charge in [0.15, 0.2) is 0 Å². The Morgan fingerprint density at radius 2 is 1.68 bits per heavy atom. The third-order valence-corrected chi connectivity index (χ3v) is 11.1. The van der Waals surface area contributed by atoms with Gasteiger partial charge in [0.05, 0.1) is 11.2 Å². The topological polar surface area (TPSA) is 66.8 Å². The first-order valence-electron chi connectivity index (χ1n) is 13.8. The molecule has 192 valence electrons. The monoisotopic (exact) mass is 472 g/mol. The standard InChI is InChI=1S/C30H48O4/c1-19(2)20(3)8-9-21(4)24-10-11-25-27(24,6)14-13-26-28(7)15-12-23(34-22(5)31)18-29(28,32)16-17-30(25,26)33/h8-9,16-17,19-21,23-26,32-33H,10-15,18H2,1-7H3/b9-8+/t20-,21+,23+,24+,25+,26+,27+,28+,29+,30+/m0/s1. The van der Waals surface area contributed by atoms with E-state index in [1.165, 1.54) is 6.92 Å². The van der Waals surface area contributed by atoms with Crippen molar-refractivity contribution in [2.24, 2.45) is 46.3 Å². The van der Waals surface area contributed by atoms with Crippen LogP contribution in [0, 0.1) is 46.3 Å². The second-order valence-electron chi connectivity index (χ2n) is 13.2. The van der Waals surface area contributed by atoms with E-state index in [2.05, 4.69) is 53.7 Å². The molecule has 4 heteroatoms. The lowest BCUT2D eigenvalue weighted by atomic mass is 9.43. The Bertz CT molecular complexity index is 847. The van der Waals surface area contributed by atoms with Gasteiger partial charge in [-0.15, -0.1) is 0 Å². The summed E-state index contributed by atoms with van der Waals surface area (Å²) in [6, 6.07) is 0. The third kappa shape index (κ3) is 3.92. The predicted molar refractivity (Wildman–Crippen MR) is 136 cm³/mol. The van der Waals surface area contributed by atoms with Crippen molar-refractivity contribution >= 4 is 5.97 Å². The van der Waals surface area contributed by atoms with Crippen LogP contribution in [-0.2, 0) is 9.53 Å². The highest BCUT2D eigenvalue weighted by molar-refractivity contribution is 5.66. The molecular formula is C30H48O4. The molecule has 0 radical (unpaired) electrons. The SMILES string of the molecule is CC(=O)O[C@@H]1CC[C@]2(C)[C@H]3CC[C@]4(C)[C@@H]([C@H](C)/C=C/[C@H](C)C(C)C)CC[C@H]4[C@]3(O)C=C[C@@]2(O)C1. The highest BCUT2D eigenvalue weighted by Gasteiger charge is 2.68. The van der Waals surface area contributed by atoms with Crippen LogP contribution < -0.4 is 0 Å². The molecule has 34 heavy (non-hydrogen) atoms. The molecule has 0 aromatic carbocycles. The first kappa shape index (κ1) is 25.9. The number of allylic oxidation sites excluding steroid dienone is 2. The van der Waals surface area contributed by atoms with Gasteiger partial charge in [-0.05, 0) is 73.5 Å². The van der Waals surface area contributed by atoms with Gasteiger partial charge in [0.2, 0.25) is 0 Å². The first-order chi connectivity index (χ1) is 15.8. The number of fused-ring (bicyclic) bond motifs is 5. The van der Waals surface area contributed by atoms with Gasteiger partial charge in [0, 0.05) is 24.7 Å². The lowest BCUT2D eigenvalue weighted by Crippen LogP contribution is -2.67. The van der Waals surface area contributed by atoms with Crippen molar-refractivity contribution in [3.05, 3.63) is 24.3 Å². The zero-order valence-corrected chi connectivity index (χ0v) is 22.5. The summed E-state index contributed by atoms with van der Waals surface area (Å²) >= 11 is 0. The normalized spacial score (nSPS) is 47.7. The minimum Gasteiger partial charge on any atom is -0.462 e. The quantitative estimate of drug-likeness (QED) is 0.377. The maximum atomic E-state index is 12.3. The molecule has 0 spiro atoms. The Labute approximate surface area is 207 Å². The lowest BCUT2D eigenvalue weighted by Gasteiger charge is -2.64. The molecule has 0 amide bonds. The van der Waals surface area contributed by atoms with Crippen LogP contribution in [0.1, 0.15) is 93.4 Å². The summed E-state index contributed by atoms with van der Waals surface area (Å²) < 4.78 is 5.49. The van der Waals surface area contributed by atoms with Crippen molar-refractivity contribution in [3.63, 3.8) is 0 Å². The van der Waals surface area contributed by atoms with Gasteiger partial charge < -0.3 is 14.9 Å². The zero-order chi connectivity index (χ0) is 25.1. The minimum absolute atomic E-state index is 0.0249. The van der Waals surface area contributed by atoms with Crippen molar-refractivity contribution in [2.75, 3.05) is 0 Å². The van der Waals surface area contributed by atoms with E-state index in [1.54, 1.807) is 0 Å². The van der Waals surface area contributed by atoms with Crippen LogP contribution in [0.25, 0.3) is 0 Å². The van der Waals surface area contributed by atoms with E-state index in [0.29, 0.717) is 30.1 Å². The first-order valence-corrected chi connectivity index (χ1v) is 13.8. The largest absolute Gasteiger partial charge is 0.462 e. The van der Waals surface area contributed by atoms with Crippen LogP contribution in [0.5, 0.6) is 0 Å². The van der Waals surface area contributed by atoms with Crippen LogP contribution in [0.3, 0.4) is 0 Å². The molecular weight excluding hydrogens is 424 g/mol. The Morgan fingerprint density at radius 3 is 2.32 bits per heavy atom. The Balaban J connectivity index is 1.60. The summed E-state index contributed by atoms with van der Waals surface area (Å²) in [5, 5.41) is 24.1. The summed E-state index contributed by atoms with van der Waals surface area (Å²) in [5.74, 6) is 2.24. The second-order valence-corrected chi connectivity index (χ2v) is 13.2. The maximum absolute atomic E-state index is 12.3. The molecule has 0 unspecified atom stereocenters. The number of hydrogen-bond donors (Lipinski definition) is 2. The Kier molecular flexibility index (Phi) is 6.69. The van der Waals surface area contributed by atoms with Gasteiger partial charge in [0.1, 0.15) is 6.10 Å². The minimum atomic E-state index is -1.04. The summed E-state index contributed by atoms with van der Waals surface area (Å²) in [6.07, 6.45) is 14.6. The molecule has 2 N–H and O–H groups in total. The Hall–Kier alpha value is -1.13. The smallest absolute Gasteiger partial charge is 0.302 e. The van der Waals surface area contributed by atoms with E-state index in [9.17, 15) is 15.0 Å². The third-order valence-electron chi connectivity index (χ3n) is 11.1. The fraction of sp³-hybridized carbons (Fsp3) is 0.833. The summed E-state index contributed by atoms with van der Waals surface area (Å²) in [7, 11) is 0. The highest BCUT2D eigenvalue weighted by Crippen LogP contribution is 2.69. The fourth-order valence-electron chi connectivity index (χ4n) is 8.64. The van der Waals surface area contributed by atoms with Gasteiger partial charge in [-0.25, -0.2) is 0 Å². The number of carbonyl (C=O) groups is 1. The van der Waals surface area contributed by atoms with E-state index in [-0.39, 0.29) is 29.3 Å².